The van der Waals surface area contributed by atoms with Gasteiger partial charge in [0.05, 0.1) is 18.8 Å². The molecule has 1 spiro atoms. The zero-order valence-electron chi connectivity index (χ0n) is 15.9. The molecule has 5 nitrogen and oxygen atoms in total. The van der Waals surface area contributed by atoms with E-state index in [1.807, 2.05) is 18.2 Å². The molecule has 146 valence electrons. The quantitative estimate of drug-likeness (QED) is 0.759. The number of hydrogen-bond donors (Lipinski definition) is 3. The summed E-state index contributed by atoms with van der Waals surface area (Å²) in [6.07, 6.45) is 3.26. The summed E-state index contributed by atoms with van der Waals surface area (Å²) in [7, 11) is 1.65. The predicted octanol–water partition coefficient (Wildman–Crippen LogP) is 2.73. The van der Waals surface area contributed by atoms with Gasteiger partial charge in [0.25, 0.3) is 0 Å². The van der Waals surface area contributed by atoms with E-state index in [1.54, 1.807) is 7.11 Å². The summed E-state index contributed by atoms with van der Waals surface area (Å²) in [6, 6.07) is 5.95. The molecule has 0 saturated heterocycles. The molecule has 0 bridgehead atoms. The first kappa shape index (κ1) is 17.5. The van der Waals surface area contributed by atoms with E-state index in [-0.39, 0.29) is 29.1 Å². The van der Waals surface area contributed by atoms with Crippen LogP contribution in [0.4, 0.5) is 0 Å². The standard InChI is InChI=1S/C22H28O5/c1-20-11-17(23)19-16-4-3-15(27-2)7-12(16)5-6-22(19,26)21(20)10-14(21)8-13(20)9-18(24)25/h3-4,7,13-14,17,19,23,26H,5-6,8-11H2,1-2H3,(H,24,25)/t13-,14-,17-,19+,20-,21-,22-/m1/s1. The molecule has 7 atom stereocenters. The number of ether oxygens (including phenoxy) is 1. The van der Waals surface area contributed by atoms with Crippen molar-refractivity contribution in [3.8, 4) is 5.75 Å². The van der Waals surface area contributed by atoms with E-state index >= 15 is 0 Å². The zero-order chi connectivity index (χ0) is 19.2. The van der Waals surface area contributed by atoms with Gasteiger partial charge < -0.3 is 20.1 Å². The van der Waals surface area contributed by atoms with Crippen LogP contribution in [0.2, 0.25) is 0 Å². The number of carboxylic acids is 1. The van der Waals surface area contributed by atoms with Crippen molar-refractivity contribution in [1.29, 1.82) is 0 Å². The number of aliphatic hydroxyl groups excluding tert-OH is 1. The molecule has 0 aliphatic heterocycles. The Morgan fingerprint density at radius 1 is 1.33 bits per heavy atom. The van der Waals surface area contributed by atoms with Gasteiger partial charge in [0.15, 0.2) is 0 Å². The third-order valence-electron chi connectivity index (χ3n) is 8.78. The minimum atomic E-state index is -0.959. The van der Waals surface area contributed by atoms with Gasteiger partial charge in [-0.05, 0) is 72.6 Å². The van der Waals surface area contributed by atoms with Crippen LogP contribution in [0.5, 0.6) is 5.75 Å². The van der Waals surface area contributed by atoms with Crippen LogP contribution in [-0.4, -0.2) is 40.1 Å². The second kappa shape index (κ2) is 5.26. The first-order valence-electron chi connectivity index (χ1n) is 10.1. The minimum absolute atomic E-state index is 0.0330. The molecule has 5 heteroatoms. The van der Waals surface area contributed by atoms with Crippen LogP contribution < -0.4 is 4.74 Å². The first-order valence-corrected chi connectivity index (χ1v) is 10.1. The SMILES string of the molecule is COc1ccc2c(c1)CC[C@@]1(O)[C@@H]2[C@H](O)C[C@]2(C)[C@@H](CC(=O)O)C[C@@H]3C[C@]312. The maximum absolute atomic E-state index is 12.1. The number of carboxylic acid groups (broad SMARTS) is 1. The lowest BCUT2D eigenvalue weighted by Gasteiger charge is -2.60. The van der Waals surface area contributed by atoms with Crippen molar-refractivity contribution >= 4 is 5.97 Å². The van der Waals surface area contributed by atoms with E-state index < -0.39 is 17.7 Å². The summed E-state index contributed by atoms with van der Waals surface area (Å²) in [4.78, 5) is 11.4. The van der Waals surface area contributed by atoms with Crippen LogP contribution >= 0.6 is 0 Å². The Morgan fingerprint density at radius 3 is 2.81 bits per heavy atom. The van der Waals surface area contributed by atoms with Gasteiger partial charge in [-0.15, -0.1) is 0 Å². The predicted molar refractivity (Wildman–Crippen MR) is 98.6 cm³/mol. The maximum Gasteiger partial charge on any atom is 0.303 e. The molecule has 0 radical (unpaired) electrons. The van der Waals surface area contributed by atoms with Crippen LogP contribution in [0.1, 0.15) is 56.1 Å². The molecular formula is C22H28O5. The fourth-order valence-electron chi connectivity index (χ4n) is 7.72. The zero-order valence-corrected chi connectivity index (χ0v) is 15.9. The van der Waals surface area contributed by atoms with E-state index in [4.69, 9.17) is 4.74 Å². The second-order valence-corrected chi connectivity index (χ2v) is 9.56. The minimum Gasteiger partial charge on any atom is -0.497 e. The highest BCUT2D eigenvalue weighted by Gasteiger charge is 2.83. The maximum atomic E-state index is 12.1. The topological polar surface area (TPSA) is 87.0 Å². The van der Waals surface area contributed by atoms with Crippen LogP contribution in [0, 0.1) is 22.7 Å². The van der Waals surface area contributed by atoms with Crippen molar-refractivity contribution in [3.05, 3.63) is 29.3 Å². The molecule has 3 N–H and O–H groups in total. The van der Waals surface area contributed by atoms with Crippen molar-refractivity contribution in [3.63, 3.8) is 0 Å². The van der Waals surface area contributed by atoms with Gasteiger partial charge in [-0.1, -0.05) is 13.0 Å². The molecule has 5 rings (SSSR count). The van der Waals surface area contributed by atoms with Gasteiger partial charge in [0.2, 0.25) is 0 Å². The Balaban J connectivity index is 1.60. The van der Waals surface area contributed by atoms with Gasteiger partial charge in [-0.25, -0.2) is 0 Å². The smallest absolute Gasteiger partial charge is 0.303 e. The summed E-state index contributed by atoms with van der Waals surface area (Å²) < 4.78 is 5.35. The van der Waals surface area contributed by atoms with Crippen molar-refractivity contribution in [2.45, 2.75) is 63.1 Å². The Kier molecular flexibility index (Phi) is 3.41. The molecule has 3 fully saturated rings. The normalized spacial score (nSPS) is 46.7. The number of aryl methyl sites for hydroxylation is 1. The van der Waals surface area contributed by atoms with Crippen LogP contribution in [0.15, 0.2) is 18.2 Å². The van der Waals surface area contributed by atoms with Gasteiger partial charge in [-0.2, -0.15) is 0 Å². The van der Waals surface area contributed by atoms with Gasteiger partial charge >= 0.3 is 5.97 Å². The van der Waals surface area contributed by atoms with Crippen LogP contribution in [-0.2, 0) is 11.2 Å². The number of rotatable bonds is 3. The molecule has 0 heterocycles. The Hall–Kier alpha value is -1.59. The molecule has 27 heavy (non-hydrogen) atoms. The van der Waals surface area contributed by atoms with Crippen molar-refractivity contribution < 1.29 is 24.9 Å². The summed E-state index contributed by atoms with van der Waals surface area (Å²) in [5.74, 6) is 0.146. The Morgan fingerprint density at radius 2 is 2.11 bits per heavy atom. The van der Waals surface area contributed by atoms with Crippen molar-refractivity contribution in [2.24, 2.45) is 22.7 Å². The lowest BCUT2D eigenvalue weighted by atomic mass is 9.47. The van der Waals surface area contributed by atoms with Crippen LogP contribution in [0.3, 0.4) is 0 Å². The fourth-order valence-corrected chi connectivity index (χ4v) is 7.72. The van der Waals surface area contributed by atoms with E-state index in [9.17, 15) is 20.1 Å². The average molecular weight is 372 g/mol. The van der Waals surface area contributed by atoms with Gasteiger partial charge in [0, 0.05) is 17.8 Å². The molecule has 0 amide bonds. The van der Waals surface area contributed by atoms with Crippen LogP contribution in [0.25, 0.3) is 0 Å². The molecule has 1 aromatic rings. The highest BCUT2D eigenvalue weighted by atomic mass is 16.5. The second-order valence-electron chi connectivity index (χ2n) is 9.56. The Bertz CT molecular complexity index is 821. The number of aliphatic carboxylic acids is 1. The largest absolute Gasteiger partial charge is 0.497 e. The van der Waals surface area contributed by atoms with Gasteiger partial charge in [-0.3, -0.25) is 4.79 Å². The monoisotopic (exact) mass is 372 g/mol. The lowest BCUT2D eigenvalue weighted by Crippen LogP contribution is -2.63. The summed E-state index contributed by atoms with van der Waals surface area (Å²) in [5, 5.41) is 32.7. The molecule has 1 aromatic carbocycles. The van der Waals surface area contributed by atoms with Crippen molar-refractivity contribution in [1.82, 2.24) is 0 Å². The number of aliphatic hydroxyl groups is 2. The van der Waals surface area contributed by atoms with E-state index in [0.29, 0.717) is 18.8 Å². The van der Waals surface area contributed by atoms with E-state index in [2.05, 4.69) is 6.92 Å². The first-order chi connectivity index (χ1) is 12.8. The van der Waals surface area contributed by atoms with E-state index in [0.717, 1.165) is 36.1 Å². The lowest BCUT2D eigenvalue weighted by molar-refractivity contribution is -0.192. The molecule has 3 saturated carbocycles. The Labute approximate surface area is 159 Å². The number of hydrogen-bond acceptors (Lipinski definition) is 4. The van der Waals surface area contributed by atoms with Gasteiger partial charge in [0.1, 0.15) is 5.75 Å². The molecule has 0 aromatic heterocycles. The van der Waals surface area contributed by atoms with Crippen molar-refractivity contribution in [2.75, 3.05) is 7.11 Å². The third-order valence-corrected chi connectivity index (χ3v) is 8.78. The number of carbonyl (C=O) groups is 1. The number of fused-ring (bicyclic) bond motifs is 3. The summed E-state index contributed by atoms with van der Waals surface area (Å²) in [6.45, 7) is 2.13. The highest BCUT2D eigenvalue weighted by molar-refractivity contribution is 5.67. The number of methoxy groups -OCH3 is 1. The third kappa shape index (κ3) is 1.94. The highest BCUT2D eigenvalue weighted by Crippen LogP contribution is 2.84. The number of benzene rings is 1. The molecular weight excluding hydrogens is 344 g/mol. The average Bonchev–Trinajstić information content (AvgIpc) is 3.30. The van der Waals surface area contributed by atoms with E-state index in [1.165, 1.54) is 0 Å². The summed E-state index contributed by atoms with van der Waals surface area (Å²) in [5.41, 5.74) is 0.673. The molecule has 0 unspecified atom stereocenters. The fraction of sp³-hybridized carbons (Fsp3) is 0.682. The summed E-state index contributed by atoms with van der Waals surface area (Å²) >= 11 is 0. The molecule has 4 aliphatic carbocycles. The molecule has 4 aliphatic rings.